The molecule has 2 unspecified atom stereocenters. The highest BCUT2D eigenvalue weighted by molar-refractivity contribution is 5.87. The molecule has 0 fully saturated rings. The number of halogens is 3. The molecule has 4 nitrogen and oxygen atoms in total. The predicted molar refractivity (Wildman–Crippen MR) is 102 cm³/mol. The second-order valence-electron chi connectivity index (χ2n) is 6.73. The van der Waals surface area contributed by atoms with Crippen LogP contribution in [-0.2, 0) is 16.8 Å². The third kappa shape index (κ3) is 4.76. The summed E-state index contributed by atoms with van der Waals surface area (Å²) in [5, 5.41) is 3.02. The lowest BCUT2D eigenvalue weighted by Gasteiger charge is -2.31. The number of nitrogens with two attached hydrogens (primary N) is 1. The predicted octanol–water partition coefficient (Wildman–Crippen LogP) is 4.08. The standard InChI is InChI=1S/C20H22F2N2O2.ClH/c1-20(23,14-7-3-2-4-8-14)18(25)24-17-9-5-6-13-12-15(26-19(21)22)10-11-16(13)17;/h2-4,7-8,10-12,17,19H,5-6,9,23H2,1H3,(H,24,25);1H. The minimum Gasteiger partial charge on any atom is -0.435 e. The van der Waals surface area contributed by atoms with Gasteiger partial charge in [-0.25, -0.2) is 0 Å². The zero-order chi connectivity index (χ0) is 18.7. The van der Waals surface area contributed by atoms with Crippen LogP contribution in [0.2, 0.25) is 0 Å². The SMILES string of the molecule is CC(N)(C(=O)NC1CCCc2cc(OC(F)F)ccc21)c1ccccc1.Cl. The molecule has 7 heteroatoms. The highest BCUT2D eigenvalue weighted by atomic mass is 35.5. The van der Waals surface area contributed by atoms with Crippen molar-refractivity contribution in [3.05, 3.63) is 65.2 Å². The number of carbonyl (C=O) groups is 1. The lowest BCUT2D eigenvalue weighted by atomic mass is 9.86. The van der Waals surface area contributed by atoms with E-state index in [4.69, 9.17) is 5.73 Å². The topological polar surface area (TPSA) is 64.4 Å². The van der Waals surface area contributed by atoms with Crippen molar-refractivity contribution in [2.75, 3.05) is 0 Å². The summed E-state index contributed by atoms with van der Waals surface area (Å²) in [6.45, 7) is -1.17. The van der Waals surface area contributed by atoms with Crippen LogP contribution in [0.3, 0.4) is 0 Å². The molecule has 0 heterocycles. The minimum absolute atomic E-state index is 0. The molecule has 0 spiro atoms. The van der Waals surface area contributed by atoms with Crippen LogP contribution in [0.25, 0.3) is 0 Å². The number of fused-ring (bicyclic) bond motifs is 1. The Morgan fingerprint density at radius 2 is 1.96 bits per heavy atom. The van der Waals surface area contributed by atoms with E-state index in [1.54, 1.807) is 19.1 Å². The van der Waals surface area contributed by atoms with Crippen LogP contribution < -0.4 is 15.8 Å². The maximum Gasteiger partial charge on any atom is 0.387 e. The second-order valence-corrected chi connectivity index (χ2v) is 6.73. The van der Waals surface area contributed by atoms with Crippen molar-refractivity contribution < 1.29 is 18.3 Å². The molecule has 2 atom stereocenters. The average molecular weight is 397 g/mol. The van der Waals surface area contributed by atoms with Crippen molar-refractivity contribution in [3.8, 4) is 5.75 Å². The number of carbonyl (C=O) groups excluding carboxylic acids is 1. The van der Waals surface area contributed by atoms with Gasteiger partial charge in [-0.05, 0) is 55.0 Å². The number of amides is 1. The molecular weight excluding hydrogens is 374 g/mol. The molecule has 2 aromatic carbocycles. The molecule has 146 valence electrons. The van der Waals surface area contributed by atoms with E-state index >= 15 is 0 Å². The molecule has 1 aliphatic carbocycles. The van der Waals surface area contributed by atoms with Gasteiger partial charge in [0, 0.05) is 0 Å². The quantitative estimate of drug-likeness (QED) is 0.800. The lowest BCUT2D eigenvalue weighted by molar-refractivity contribution is -0.127. The summed E-state index contributed by atoms with van der Waals surface area (Å²) in [7, 11) is 0. The van der Waals surface area contributed by atoms with Gasteiger partial charge in [0.15, 0.2) is 0 Å². The average Bonchev–Trinajstić information content (AvgIpc) is 2.62. The Kier molecular flexibility index (Phi) is 6.78. The molecular formula is C20H23ClF2N2O2. The Balaban J connectivity index is 0.00000261. The molecule has 3 N–H and O–H groups in total. The number of rotatable bonds is 5. The Morgan fingerprint density at radius 3 is 2.63 bits per heavy atom. The van der Waals surface area contributed by atoms with Crippen LogP contribution in [0, 0.1) is 0 Å². The highest BCUT2D eigenvalue weighted by Gasteiger charge is 2.33. The minimum atomic E-state index is -2.85. The van der Waals surface area contributed by atoms with Gasteiger partial charge in [0.25, 0.3) is 0 Å². The second kappa shape index (κ2) is 8.67. The van der Waals surface area contributed by atoms with E-state index < -0.39 is 12.2 Å². The van der Waals surface area contributed by atoms with Gasteiger partial charge in [-0.2, -0.15) is 8.78 Å². The van der Waals surface area contributed by atoms with E-state index in [9.17, 15) is 13.6 Å². The van der Waals surface area contributed by atoms with Crippen LogP contribution in [0.4, 0.5) is 8.78 Å². The van der Waals surface area contributed by atoms with E-state index in [0.717, 1.165) is 36.0 Å². The Hall–Kier alpha value is -2.18. The number of hydrogen-bond acceptors (Lipinski definition) is 3. The van der Waals surface area contributed by atoms with Gasteiger partial charge in [-0.1, -0.05) is 36.4 Å². The summed E-state index contributed by atoms with van der Waals surface area (Å²) in [5.41, 5.74) is 7.70. The van der Waals surface area contributed by atoms with E-state index in [1.165, 1.54) is 6.07 Å². The van der Waals surface area contributed by atoms with Crippen molar-refractivity contribution in [2.45, 2.75) is 44.4 Å². The van der Waals surface area contributed by atoms with Gasteiger partial charge < -0.3 is 15.8 Å². The Morgan fingerprint density at radius 1 is 1.26 bits per heavy atom. The monoisotopic (exact) mass is 396 g/mol. The zero-order valence-corrected chi connectivity index (χ0v) is 15.8. The molecule has 0 aliphatic heterocycles. The Labute approximate surface area is 163 Å². The van der Waals surface area contributed by atoms with E-state index in [-0.39, 0.29) is 30.1 Å². The van der Waals surface area contributed by atoms with E-state index in [0.29, 0.717) is 0 Å². The van der Waals surface area contributed by atoms with Gasteiger partial charge in [0.05, 0.1) is 6.04 Å². The van der Waals surface area contributed by atoms with Crippen molar-refractivity contribution >= 4 is 18.3 Å². The highest BCUT2D eigenvalue weighted by Crippen LogP contribution is 2.33. The third-order valence-corrected chi connectivity index (χ3v) is 4.80. The van der Waals surface area contributed by atoms with Gasteiger partial charge in [-0.3, -0.25) is 4.79 Å². The van der Waals surface area contributed by atoms with Gasteiger partial charge in [-0.15, -0.1) is 12.4 Å². The fourth-order valence-electron chi connectivity index (χ4n) is 3.34. The molecule has 0 radical (unpaired) electrons. The van der Waals surface area contributed by atoms with Crippen LogP contribution in [0.1, 0.15) is 42.5 Å². The summed E-state index contributed by atoms with van der Waals surface area (Å²) in [4.78, 5) is 12.8. The lowest BCUT2D eigenvalue weighted by Crippen LogP contribution is -2.50. The summed E-state index contributed by atoms with van der Waals surface area (Å²) >= 11 is 0. The van der Waals surface area contributed by atoms with Crippen LogP contribution in [0.5, 0.6) is 5.75 Å². The van der Waals surface area contributed by atoms with Crippen LogP contribution >= 0.6 is 12.4 Å². The molecule has 0 bridgehead atoms. The summed E-state index contributed by atoms with van der Waals surface area (Å²) in [6, 6.07) is 13.9. The maximum atomic E-state index is 12.8. The third-order valence-electron chi connectivity index (χ3n) is 4.80. The first-order valence-corrected chi connectivity index (χ1v) is 8.61. The van der Waals surface area contributed by atoms with Gasteiger partial charge in [0.2, 0.25) is 5.91 Å². The Bertz CT molecular complexity index is 785. The number of ether oxygens (including phenoxy) is 1. The van der Waals surface area contributed by atoms with Crippen LogP contribution in [-0.4, -0.2) is 12.5 Å². The number of alkyl halides is 2. The first kappa shape index (κ1) is 21.1. The van der Waals surface area contributed by atoms with Gasteiger partial charge >= 0.3 is 6.61 Å². The molecule has 0 aromatic heterocycles. The molecule has 27 heavy (non-hydrogen) atoms. The largest absolute Gasteiger partial charge is 0.435 e. The summed E-state index contributed by atoms with van der Waals surface area (Å²) < 4.78 is 29.3. The molecule has 1 amide bonds. The molecule has 2 aromatic rings. The molecule has 1 aliphatic rings. The molecule has 0 saturated heterocycles. The first-order chi connectivity index (χ1) is 12.4. The first-order valence-electron chi connectivity index (χ1n) is 8.61. The van der Waals surface area contributed by atoms with E-state index in [1.807, 2.05) is 30.3 Å². The van der Waals surface area contributed by atoms with Gasteiger partial charge in [0.1, 0.15) is 11.3 Å². The fourth-order valence-corrected chi connectivity index (χ4v) is 3.34. The maximum absolute atomic E-state index is 12.8. The summed E-state index contributed by atoms with van der Waals surface area (Å²) in [5.74, 6) is -0.131. The summed E-state index contributed by atoms with van der Waals surface area (Å²) in [6.07, 6.45) is 2.39. The van der Waals surface area contributed by atoms with Crippen molar-refractivity contribution in [1.29, 1.82) is 0 Å². The fraction of sp³-hybridized carbons (Fsp3) is 0.350. The van der Waals surface area contributed by atoms with Crippen molar-refractivity contribution in [1.82, 2.24) is 5.32 Å². The number of hydrogen-bond donors (Lipinski definition) is 2. The normalized spacial score (nSPS) is 18.0. The number of nitrogens with one attached hydrogen (secondary N) is 1. The number of benzene rings is 2. The number of aryl methyl sites for hydroxylation is 1. The van der Waals surface area contributed by atoms with Crippen molar-refractivity contribution in [3.63, 3.8) is 0 Å². The smallest absolute Gasteiger partial charge is 0.387 e. The zero-order valence-electron chi connectivity index (χ0n) is 15.0. The molecule has 3 rings (SSSR count). The van der Waals surface area contributed by atoms with Crippen LogP contribution in [0.15, 0.2) is 48.5 Å². The van der Waals surface area contributed by atoms with Crippen molar-refractivity contribution in [2.24, 2.45) is 5.73 Å². The van der Waals surface area contributed by atoms with E-state index in [2.05, 4.69) is 10.1 Å². The molecule has 0 saturated carbocycles.